The number of benzene rings is 1. The van der Waals surface area contributed by atoms with Crippen LogP contribution >= 0.6 is 0 Å². The molecule has 0 unspecified atom stereocenters. The zero-order valence-corrected chi connectivity index (χ0v) is 14.5. The van der Waals surface area contributed by atoms with Crippen molar-refractivity contribution in [3.63, 3.8) is 0 Å². The molecule has 2 heterocycles. The number of halogens is 1. The normalized spacial score (nSPS) is 11.0. The topological polar surface area (TPSA) is 73.5 Å². The van der Waals surface area contributed by atoms with Crippen molar-refractivity contribution in [2.75, 3.05) is 20.3 Å². The molecule has 0 bridgehead atoms. The molecule has 0 aliphatic rings. The number of rotatable bonds is 6. The van der Waals surface area contributed by atoms with Crippen LogP contribution in [0.4, 0.5) is 4.39 Å². The third-order valence-electron chi connectivity index (χ3n) is 4.05. The lowest BCUT2D eigenvalue weighted by Gasteiger charge is -2.07. The van der Waals surface area contributed by atoms with Crippen molar-refractivity contribution < 1.29 is 18.3 Å². The molecule has 26 heavy (non-hydrogen) atoms. The highest BCUT2D eigenvalue weighted by Gasteiger charge is 2.21. The molecule has 0 fully saturated rings. The van der Waals surface area contributed by atoms with Gasteiger partial charge in [0.2, 0.25) is 0 Å². The van der Waals surface area contributed by atoms with Gasteiger partial charge < -0.3 is 19.0 Å². The van der Waals surface area contributed by atoms with Crippen molar-refractivity contribution >= 4 is 16.9 Å². The zero-order chi connectivity index (χ0) is 18.7. The smallest absolute Gasteiger partial charge is 0.262 e. The van der Waals surface area contributed by atoms with Gasteiger partial charge in [0.1, 0.15) is 17.2 Å². The van der Waals surface area contributed by atoms with Crippen molar-refractivity contribution in [1.82, 2.24) is 9.88 Å². The van der Waals surface area contributed by atoms with Gasteiger partial charge in [0.15, 0.2) is 0 Å². The molecule has 0 saturated heterocycles. The number of carbonyl (C=O) groups is 1. The summed E-state index contributed by atoms with van der Waals surface area (Å²) in [6, 6.07) is 7.67. The van der Waals surface area contributed by atoms with E-state index in [-0.39, 0.29) is 34.8 Å². The molecule has 2 aromatic heterocycles. The minimum Gasteiger partial charge on any atom is -0.460 e. The van der Waals surface area contributed by atoms with Crippen molar-refractivity contribution in [3.8, 4) is 0 Å². The number of hydrogen-bond acceptors (Lipinski definition) is 4. The van der Waals surface area contributed by atoms with E-state index in [2.05, 4.69) is 5.32 Å². The minimum atomic E-state index is -0.390. The first kappa shape index (κ1) is 17.9. The van der Waals surface area contributed by atoms with Crippen molar-refractivity contribution in [2.45, 2.75) is 13.5 Å². The van der Waals surface area contributed by atoms with E-state index in [1.54, 1.807) is 31.3 Å². The van der Waals surface area contributed by atoms with Gasteiger partial charge in [-0.05, 0) is 30.7 Å². The number of carbonyl (C=O) groups excluding carboxylic acids is 1. The van der Waals surface area contributed by atoms with Crippen LogP contribution in [0.5, 0.6) is 0 Å². The number of aromatic nitrogens is 1. The summed E-state index contributed by atoms with van der Waals surface area (Å²) in [6.45, 7) is 2.53. The Morgan fingerprint density at radius 1 is 1.35 bits per heavy atom. The molecular formula is C19H19FN2O4. The molecular weight excluding hydrogens is 339 g/mol. The number of nitrogens with one attached hydrogen (secondary N) is 1. The summed E-state index contributed by atoms with van der Waals surface area (Å²) < 4.78 is 25.3. The second-order valence-electron chi connectivity index (χ2n) is 5.90. The number of hydrogen-bond donors (Lipinski definition) is 1. The number of pyridine rings is 1. The molecule has 1 amide bonds. The molecule has 7 heteroatoms. The van der Waals surface area contributed by atoms with Gasteiger partial charge in [-0.15, -0.1) is 0 Å². The summed E-state index contributed by atoms with van der Waals surface area (Å²) in [5, 5.41) is 2.92. The Hall–Kier alpha value is -2.93. The van der Waals surface area contributed by atoms with E-state index in [9.17, 15) is 14.0 Å². The summed E-state index contributed by atoms with van der Waals surface area (Å²) in [7, 11) is 1.54. The van der Waals surface area contributed by atoms with Crippen LogP contribution in [0.1, 0.15) is 21.7 Å². The van der Waals surface area contributed by atoms with Gasteiger partial charge in [-0.1, -0.05) is 12.1 Å². The first-order valence-electron chi connectivity index (χ1n) is 8.15. The lowest BCUT2D eigenvalue weighted by atomic mass is 10.1. The number of nitrogens with zero attached hydrogens (tertiary/aromatic N) is 1. The Morgan fingerprint density at radius 2 is 2.15 bits per heavy atom. The highest BCUT2D eigenvalue weighted by atomic mass is 19.1. The van der Waals surface area contributed by atoms with Crippen LogP contribution < -0.4 is 10.9 Å². The first-order valence-corrected chi connectivity index (χ1v) is 8.15. The highest BCUT2D eigenvalue weighted by Crippen LogP contribution is 2.22. The lowest BCUT2D eigenvalue weighted by molar-refractivity contribution is 0.0937. The standard InChI is InChI=1S/C19H19FN2O4/c1-12-16(18(23)21-7-9-25-2)17-15(26-12)6-8-22(19(17)24)11-13-4-3-5-14(20)10-13/h3-6,8,10H,7,9,11H2,1-2H3,(H,21,23). The van der Waals surface area contributed by atoms with Crippen molar-refractivity contribution in [3.05, 3.63) is 69.6 Å². The molecule has 0 saturated carbocycles. The third-order valence-corrected chi connectivity index (χ3v) is 4.05. The number of amides is 1. The third kappa shape index (κ3) is 3.52. The Labute approximate surface area is 149 Å². The molecule has 1 aromatic carbocycles. The maximum absolute atomic E-state index is 13.4. The summed E-state index contributed by atoms with van der Waals surface area (Å²) in [5.41, 5.74) is 0.854. The van der Waals surface area contributed by atoms with E-state index in [0.717, 1.165) is 0 Å². The highest BCUT2D eigenvalue weighted by molar-refractivity contribution is 6.06. The molecule has 3 aromatic rings. The maximum Gasteiger partial charge on any atom is 0.262 e. The average molecular weight is 358 g/mol. The van der Waals surface area contributed by atoms with Gasteiger partial charge in [-0.3, -0.25) is 9.59 Å². The average Bonchev–Trinajstić information content (AvgIpc) is 2.94. The van der Waals surface area contributed by atoms with E-state index >= 15 is 0 Å². The van der Waals surface area contributed by atoms with Crippen LogP contribution in [0.3, 0.4) is 0 Å². The Kier molecular flexibility index (Phi) is 5.18. The summed E-state index contributed by atoms with van der Waals surface area (Å²) in [5.74, 6) is -0.386. The summed E-state index contributed by atoms with van der Waals surface area (Å²) >= 11 is 0. The molecule has 0 aliphatic heterocycles. The molecule has 0 radical (unpaired) electrons. The van der Waals surface area contributed by atoms with E-state index in [0.29, 0.717) is 30.1 Å². The second-order valence-corrected chi connectivity index (χ2v) is 5.90. The van der Waals surface area contributed by atoms with Crippen LogP contribution in [-0.2, 0) is 11.3 Å². The molecule has 6 nitrogen and oxygen atoms in total. The van der Waals surface area contributed by atoms with Gasteiger partial charge in [0, 0.05) is 19.9 Å². The predicted octanol–water partition coefficient (Wildman–Crippen LogP) is 2.47. The SMILES string of the molecule is COCCNC(=O)c1c(C)oc2ccn(Cc3cccc(F)c3)c(=O)c12. The van der Waals surface area contributed by atoms with E-state index in [1.165, 1.54) is 23.8 Å². The largest absolute Gasteiger partial charge is 0.460 e. The van der Waals surface area contributed by atoms with Crippen LogP contribution in [0.15, 0.2) is 45.7 Å². The number of furan rings is 1. The minimum absolute atomic E-state index is 0.196. The van der Waals surface area contributed by atoms with E-state index in [4.69, 9.17) is 9.15 Å². The fourth-order valence-corrected chi connectivity index (χ4v) is 2.85. The predicted molar refractivity (Wildman–Crippen MR) is 94.9 cm³/mol. The quantitative estimate of drug-likeness (QED) is 0.687. The number of ether oxygens (including phenoxy) is 1. The number of methoxy groups -OCH3 is 1. The monoisotopic (exact) mass is 358 g/mol. The van der Waals surface area contributed by atoms with Crippen LogP contribution in [0.2, 0.25) is 0 Å². The number of fused-ring (bicyclic) bond motifs is 1. The fraction of sp³-hybridized carbons (Fsp3) is 0.263. The Balaban J connectivity index is 2.01. The van der Waals surface area contributed by atoms with Gasteiger partial charge >= 0.3 is 0 Å². The van der Waals surface area contributed by atoms with E-state index < -0.39 is 0 Å². The second kappa shape index (κ2) is 7.53. The van der Waals surface area contributed by atoms with Gasteiger partial charge in [0.25, 0.3) is 11.5 Å². The van der Waals surface area contributed by atoms with Crippen molar-refractivity contribution in [1.29, 1.82) is 0 Å². The molecule has 136 valence electrons. The Bertz CT molecular complexity index is 1010. The van der Waals surface area contributed by atoms with Gasteiger partial charge in [-0.2, -0.15) is 0 Å². The molecule has 3 rings (SSSR count). The maximum atomic E-state index is 13.4. The van der Waals surface area contributed by atoms with Gasteiger partial charge in [-0.25, -0.2) is 4.39 Å². The molecule has 1 N–H and O–H groups in total. The Morgan fingerprint density at radius 3 is 2.88 bits per heavy atom. The zero-order valence-electron chi connectivity index (χ0n) is 14.5. The van der Waals surface area contributed by atoms with Crippen LogP contribution in [0.25, 0.3) is 11.0 Å². The lowest BCUT2D eigenvalue weighted by Crippen LogP contribution is -2.29. The summed E-state index contributed by atoms with van der Waals surface area (Å²) in [4.78, 5) is 25.3. The first-order chi connectivity index (χ1) is 12.5. The molecule has 0 spiro atoms. The molecule has 0 atom stereocenters. The van der Waals surface area contributed by atoms with Crippen molar-refractivity contribution in [2.24, 2.45) is 0 Å². The fourth-order valence-electron chi connectivity index (χ4n) is 2.85. The summed E-state index contributed by atoms with van der Waals surface area (Å²) in [6.07, 6.45) is 1.57. The number of aryl methyl sites for hydroxylation is 1. The molecule has 0 aliphatic carbocycles. The van der Waals surface area contributed by atoms with E-state index in [1.807, 2.05) is 0 Å². The van der Waals surface area contributed by atoms with Gasteiger partial charge in [0.05, 0.1) is 24.1 Å². The van der Waals surface area contributed by atoms with Crippen LogP contribution in [0, 0.1) is 12.7 Å². The van der Waals surface area contributed by atoms with Crippen LogP contribution in [-0.4, -0.2) is 30.7 Å².